The van der Waals surface area contributed by atoms with Gasteiger partial charge in [-0.1, -0.05) is 20.3 Å². The van der Waals surface area contributed by atoms with Crippen molar-refractivity contribution in [1.29, 1.82) is 0 Å². The van der Waals surface area contributed by atoms with E-state index in [9.17, 15) is 8.42 Å². The van der Waals surface area contributed by atoms with E-state index in [0.29, 0.717) is 11.4 Å². The fourth-order valence-electron chi connectivity index (χ4n) is 1.78. The number of hydrogen-bond acceptors (Lipinski definition) is 4. The molecule has 0 bridgehead atoms. The van der Waals surface area contributed by atoms with Gasteiger partial charge in [-0.15, -0.1) is 0 Å². The van der Waals surface area contributed by atoms with Crippen LogP contribution in [0.25, 0.3) is 0 Å². The van der Waals surface area contributed by atoms with E-state index in [0.717, 1.165) is 19.3 Å². The second-order valence-corrected chi connectivity index (χ2v) is 5.89. The van der Waals surface area contributed by atoms with Gasteiger partial charge >= 0.3 is 0 Å². The second-order valence-electron chi connectivity index (χ2n) is 4.33. The Morgan fingerprint density at radius 2 is 2.00 bits per heavy atom. The Labute approximate surface area is 109 Å². The largest absolute Gasteiger partial charge is 0.397 e. The normalized spacial score (nSPS) is 13.3. The Balaban J connectivity index is 3.01. The molecule has 5 N–H and O–H groups in total. The molecule has 18 heavy (non-hydrogen) atoms. The molecule has 0 fully saturated rings. The zero-order valence-electron chi connectivity index (χ0n) is 10.8. The van der Waals surface area contributed by atoms with E-state index >= 15 is 0 Å². The fraction of sp³-hybridized carbons (Fsp3) is 0.500. The van der Waals surface area contributed by atoms with Crippen LogP contribution in [0.1, 0.15) is 33.1 Å². The summed E-state index contributed by atoms with van der Waals surface area (Å²) in [6, 6.07) is 4.74. The Morgan fingerprint density at radius 1 is 1.33 bits per heavy atom. The summed E-state index contributed by atoms with van der Waals surface area (Å²) in [6.07, 6.45) is 3.02. The lowest BCUT2D eigenvalue weighted by molar-refractivity contribution is 0.597. The molecule has 0 saturated carbocycles. The van der Waals surface area contributed by atoms with Crippen molar-refractivity contribution in [2.24, 2.45) is 5.14 Å². The van der Waals surface area contributed by atoms with E-state index in [1.165, 1.54) is 12.1 Å². The molecule has 1 rings (SSSR count). The molecule has 6 heteroatoms. The molecule has 1 atom stereocenters. The SMILES string of the molecule is CCCC(CC)Nc1cc(S(N)(=O)=O)ccc1N. The summed E-state index contributed by atoms with van der Waals surface area (Å²) in [5.74, 6) is 0. The quantitative estimate of drug-likeness (QED) is 0.688. The van der Waals surface area contributed by atoms with Crippen molar-refractivity contribution in [1.82, 2.24) is 0 Å². The van der Waals surface area contributed by atoms with Crippen molar-refractivity contribution >= 4 is 21.4 Å². The smallest absolute Gasteiger partial charge is 0.238 e. The van der Waals surface area contributed by atoms with Crippen LogP contribution in [0.3, 0.4) is 0 Å². The van der Waals surface area contributed by atoms with Gasteiger partial charge < -0.3 is 11.1 Å². The molecule has 0 aliphatic heterocycles. The van der Waals surface area contributed by atoms with Gasteiger partial charge in [-0.3, -0.25) is 0 Å². The summed E-state index contributed by atoms with van der Waals surface area (Å²) in [5.41, 5.74) is 6.99. The first-order chi connectivity index (χ1) is 8.38. The molecule has 0 aliphatic carbocycles. The fourth-order valence-corrected chi connectivity index (χ4v) is 2.32. The molecule has 0 amide bonds. The van der Waals surface area contributed by atoms with Crippen molar-refractivity contribution in [3.63, 3.8) is 0 Å². The average Bonchev–Trinajstić information content (AvgIpc) is 2.29. The minimum Gasteiger partial charge on any atom is -0.397 e. The number of nitrogens with two attached hydrogens (primary N) is 2. The summed E-state index contributed by atoms with van der Waals surface area (Å²) in [7, 11) is -3.69. The summed E-state index contributed by atoms with van der Waals surface area (Å²) in [4.78, 5) is 0.0746. The molecule has 102 valence electrons. The molecular weight excluding hydrogens is 250 g/mol. The molecule has 0 radical (unpaired) electrons. The van der Waals surface area contributed by atoms with Gasteiger partial charge in [0.15, 0.2) is 0 Å². The average molecular weight is 271 g/mol. The minimum atomic E-state index is -3.69. The standard InChI is InChI=1S/C12H21N3O2S/c1-3-5-9(4-2)15-12-8-10(18(14,16)17)6-7-11(12)13/h6-9,15H,3-5,13H2,1-2H3,(H2,14,16,17). The van der Waals surface area contributed by atoms with Gasteiger partial charge in [0.05, 0.1) is 16.3 Å². The predicted octanol–water partition coefficient (Wildman–Crippen LogP) is 1.91. The van der Waals surface area contributed by atoms with E-state index in [1.807, 2.05) is 0 Å². The van der Waals surface area contributed by atoms with Crippen LogP contribution in [0.2, 0.25) is 0 Å². The van der Waals surface area contributed by atoms with Crippen LogP contribution >= 0.6 is 0 Å². The van der Waals surface area contributed by atoms with Gasteiger partial charge in [0.1, 0.15) is 0 Å². The van der Waals surface area contributed by atoms with E-state index < -0.39 is 10.0 Å². The molecule has 5 nitrogen and oxygen atoms in total. The van der Waals surface area contributed by atoms with Crippen LogP contribution in [0, 0.1) is 0 Å². The molecule has 1 aromatic rings. The lowest BCUT2D eigenvalue weighted by atomic mass is 10.1. The minimum absolute atomic E-state index is 0.0746. The van der Waals surface area contributed by atoms with Crippen LogP contribution in [0.4, 0.5) is 11.4 Å². The first kappa shape index (κ1) is 14.8. The molecule has 0 heterocycles. The molecule has 0 aromatic heterocycles. The van der Waals surface area contributed by atoms with Crippen molar-refractivity contribution < 1.29 is 8.42 Å². The van der Waals surface area contributed by atoms with E-state index in [-0.39, 0.29) is 10.9 Å². The summed E-state index contributed by atoms with van der Waals surface area (Å²) >= 11 is 0. The highest BCUT2D eigenvalue weighted by atomic mass is 32.2. The summed E-state index contributed by atoms with van der Waals surface area (Å²) in [5, 5.41) is 8.37. The maximum Gasteiger partial charge on any atom is 0.238 e. The van der Waals surface area contributed by atoms with Crippen molar-refractivity contribution in [2.45, 2.75) is 44.0 Å². The molecular formula is C12H21N3O2S. The Bertz CT molecular complexity index is 500. The zero-order valence-corrected chi connectivity index (χ0v) is 11.6. The van der Waals surface area contributed by atoms with Crippen molar-refractivity contribution in [2.75, 3.05) is 11.1 Å². The van der Waals surface area contributed by atoms with Gasteiger partial charge in [0.25, 0.3) is 0 Å². The number of benzene rings is 1. The number of primary sulfonamides is 1. The molecule has 0 spiro atoms. The van der Waals surface area contributed by atoms with E-state index in [4.69, 9.17) is 10.9 Å². The van der Waals surface area contributed by atoms with E-state index in [2.05, 4.69) is 19.2 Å². The van der Waals surface area contributed by atoms with E-state index in [1.54, 1.807) is 6.07 Å². The number of anilines is 2. The van der Waals surface area contributed by atoms with Gasteiger partial charge in [-0.05, 0) is 31.0 Å². The van der Waals surface area contributed by atoms with Crippen LogP contribution in [-0.2, 0) is 10.0 Å². The second kappa shape index (κ2) is 6.06. The summed E-state index contributed by atoms with van der Waals surface area (Å²) in [6.45, 7) is 4.18. The van der Waals surface area contributed by atoms with Crippen molar-refractivity contribution in [3.05, 3.63) is 18.2 Å². The first-order valence-electron chi connectivity index (χ1n) is 6.07. The number of sulfonamides is 1. The lowest BCUT2D eigenvalue weighted by Gasteiger charge is -2.19. The maximum atomic E-state index is 11.3. The maximum absolute atomic E-state index is 11.3. The van der Waals surface area contributed by atoms with Crippen LogP contribution in [0.15, 0.2) is 23.1 Å². The topological polar surface area (TPSA) is 98.2 Å². The predicted molar refractivity (Wildman–Crippen MR) is 74.8 cm³/mol. The molecule has 1 aromatic carbocycles. The Kier molecular flexibility index (Phi) is 4.98. The zero-order chi connectivity index (χ0) is 13.8. The van der Waals surface area contributed by atoms with Gasteiger partial charge in [0.2, 0.25) is 10.0 Å². The Hall–Kier alpha value is -1.27. The highest BCUT2D eigenvalue weighted by Crippen LogP contribution is 2.24. The molecule has 1 unspecified atom stereocenters. The molecule has 0 aliphatic rings. The number of nitrogens with one attached hydrogen (secondary N) is 1. The van der Waals surface area contributed by atoms with Crippen LogP contribution in [0.5, 0.6) is 0 Å². The number of nitrogen functional groups attached to an aromatic ring is 1. The van der Waals surface area contributed by atoms with Crippen LogP contribution < -0.4 is 16.2 Å². The summed E-state index contributed by atoms with van der Waals surface area (Å²) < 4.78 is 22.6. The number of rotatable bonds is 6. The van der Waals surface area contributed by atoms with Gasteiger partial charge in [-0.2, -0.15) is 0 Å². The monoisotopic (exact) mass is 271 g/mol. The van der Waals surface area contributed by atoms with Gasteiger partial charge in [-0.25, -0.2) is 13.6 Å². The Morgan fingerprint density at radius 3 is 2.50 bits per heavy atom. The highest BCUT2D eigenvalue weighted by Gasteiger charge is 2.12. The third-order valence-electron chi connectivity index (χ3n) is 2.84. The highest BCUT2D eigenvalue weighted by molar-refractivity contribution is 7.89. The first-order valence-corrected chi connectivity index (χ1v) is 7.62. The molecule has 0 saturated heterocycles. The third-order valence-corrected chi connectivity index (χ3v) is 3.75. The third kappa shape index (κ3) is 3.89. The van der Waals surface area contributed by atoms with Crippen molar-refractivity contribution in [3.8, 4) is 0 Å². The lowest BCUT2D eigenvalue weighted by Crippen LogP contribution is -2.19. The number of hydrogen-bond donors (Lipinski definition) is 3. The van der Waals surface area contributed by atoms with Crippen LogP contribution in [-0.4, -0.2) is 14.5 Å². The van der Waals surface area contributed by atoms with Gasteiger partial charge in [0, 0.05) is 6.04 Å².